The summed E-state index contributed by atoms with van der Waals surface area (Å²) in [5.41, 5.74) is 0.601. The number of ether oxygens (including phenoxy) is 3. The average Bonchev–Trinajstić information content (AvgIpc) is 2.53. The second kappa shape index (κ2) is 5.89. The van der Waals surface area contributed by atoms with Gasteiger partial charge in [-0.2, -0.15) is 0 Å². The quantitative estimate of drug-likeness (QED) is 0.777. The van der Waals surface area contributed by atoms with Gasteiger partial charge in [0.2, 0.25) is 0 Å². The van der Waals surface area contributed by atoms with Gasteiger partial charge in [0, 0.05) is 18.7 Å². The Hall–Kier alpha value is -1.46. The molecule has 0 saturated carbocycles. The highest BCUT2D eigenvalue weighted by Crippen LogP contribution is 2.31. The van der Waals surface area contributed by atoms with Crippen molar-refractivity contribution in [3.63, 3.8) is 0 Å². The molecule has 20 heavy (non-hydrogen) atoms. The Morgan fingerprint density at radius 1 is 1.25 bits per heavy atom. The topological polar surface area (TPSA) is 48.0 Å². The van der Waals surface area contributed by atoms with Crippen molar-refractivity contribution in [2.24, 2.45) is 0 Å². The van der Waals surface area contributed by atoms with Crippen molar-refractivity contribution < 1.29 is 19.0 Å². The monoisotopic (exact) mass is 297 g/mol. The maximum atomic E-state index is 12.5. The number of amides is 1. The van der Waals surface area contributed by atoms with E-state index in [9.17, 15) is 4.79 Å². The molecule has 1 saturated heterocycles. The van der Waals surface area contributed by atoms with Crippen LogP contribution in [0.15, 0.2) is 18.2 Å². The Balaban J connectivity index is 1.76. The van der Waals surface area contributed by atoms with Gasteiger partial charge in [0.1, 0.15) is 13.2 Å². The Morgan fingerprint density at radius 2 is 2.05 bits per heavy atom. The summed E-state index contributed by atoms with van der Waals surface area (Å²) in [6.07, 6.45) is -0.0911. The molecule has 1 aromatic rings. The van der Waals surface area contributed by atoms with Crippen LogP contribution in [-0.2, 0) is 4.74 Å². The van der Waals surface area contributed by atoms with Gasteiger partial charge in [0.05, 0.1) is 18.6 Å². The van der Waals surface area contributed by atoms with E-state index in [1.165, 1.54) is 0 Å². The van der Waals surface area contributed by atoms with Crippen molar-refractivity contribution in [3.8, 4) is 11.5 Å². The predicted octanol–water partition coefficient (Wildman–Crippen LogP) is 1.54. The van der Waals surface area contributed by atoms with E-state index in [2.05, 4.69) is 0 Å². The molecule has 2 aliphatic heterocycles. The second-order valence-electron chi connectivity index (χ2n) is 4.76. The Bertz CT molecular complexity index is 508. The van der Waals surface area contributed by atoms with Crippen LogP contribution in [0, 0.1) is 0 Å². The molecular formula is C14H16ClNO4. The number of carbonyl (C=O) groups is 1. The summed E-state index contributed by atoms with van der Waals surface area (Å²) in [5.74, 6) is 1.68. The lowest BCUT2D eigenvalue weighted by Gasteiger charge is -2.32. The number of nitrogens with zero attached hydrogens (tertiary/aromatic N) is 1. The van der Waals surface area contributed by atoms with Crippen LogP contribution in [0.3, 0.4) is 0 Å². The smallest absolute Gasteiger partial charge is 0.254 e. The van der Waals surface area contributed by atoms with Crippen molar-refractivity contribution in [2.45, 2.75) is 6.10 Å². The van der Waals surface area contributed by atoms with E-state index in [1.54, 1.807) is 23.1 Å². The van der Waals surface area contributed by atoms with Crippen LogP contribution < -0.4 is 9.47 Å². The van der Waals surface area contributed by atoms with Gasteiger partial charge >= 0.3 is 0 Å². The Kier molecular flexibility index (Phi) is 3.98. The van der Waals surface area contributed by atoms with Crippen molar-refractivity contribution in [1.82, 2.24) is 4.90 Å². The molecule has 0 bridgehead atoms. The van der Waals surface area contributed by atoms with Crippen LogP contribution in [0.4, 0.5) is 0 Å². The zero-order valence-electron chi connectivity index (χ0n) is 11.0. The van der Waals surface area contributed by atoms with Crippen molar-refractivity contribution in [2.75, 3.05) is 38.8 Å². The van der Waals surface area contributed by atoms with Gasteiger partial charge in [-0.25, -0.2) is 0 Å². The number of hydrogen-bond acceptors (Lipinski definition) is 4. The van der Waals surface area contributed by atoms with E-state index >= 15 is 0 Å². The van der Waals surface area contributed by atoms with E-state index in [0.717, 1.165) is 0 Å². The molecule has 2 heterocycles. The molecule has 1 fully saturated rings. The van der Waals surface area contributed by atoms with Crippen molar-refractivity contribution in [3.05, 3.63) is 23.8 Å². The third-order valence-electron chi connectivity index (χ3n) is 3.39. The van der Waals surface area contributed by atoms with E-state index in [0.29, 0.717) is 55.9 Å². The fourth-order valence-corrected chi connectivity index (χ4v) is 2.54. The molecule has 0 N–H and O–H groups in total. The van der Waals surface area contributed by atoms with Crippen LogP contribution in [0.25, 0.3) is 0 Å². The van der Waals surface area contributed by atoms with Crippen molar-refractivity contribution >= 4 is 17.5 Å². The molecule has 2 aliphatic rings. The Morgan fingerprint density at radius 3 is 2.85 bits per heavy atom. The highest BCUT2D eigenvalue weighted by atomic mass is 35.5. The molecule has 1 atom stereocenters. The van der Waals surface area contributed by atoms with Crippen LogP contribution in [0.1, 0.15) is 10.4 Å². The van der Waals surface area contributed by atoms with Crippen LogP contribution >= 0.6 is 11.6 Å². The zero-order valence-corrected chi connectivity index (χ0v) is 11.8. The fourth-order valence-electron chi connectivity index (χ4n) is 2.36. The average molecular weight is 298 g/mol. The minimum atomic E-state index is -0.0911. The summed E-state index contributed by atoms with van der Waals surface area (Å²) in [6, 6.07) is 5.28. The highest BCUT2D eigenvalue weighted by Gasteiger charge is 2.25. The summed E-state index contributed by atoms with van der Waals surface area (Å²) in [7, 11) is 0. The summed E-state index contributed by atoms with van der Waals surface area (Å²) in [4.78, 5) is 14.2. The number of alkyl halides is 1. The van der Waals surface area contributed by atoms with Gasteiger partial charge in [-0.1, -0.05) is 0 Å². The van der Waals surface area contributed by atoms with Crippen LogP contribution in [-0.4, -0.2) is 55.7 Å². The maximum Gasteiger partial charge on any atom is 0.254 e. The maximum absolute atomic E-state index is 12.5. The van der Waals surface area contributed by atoms with E-state index in [1.807, 2.05) is 0 Å². The van der Waals surface area contributed by atoms with E-state index < -0.39 is 0 Å². The lowest BCUT2D eigenvalue weighted by atomic mass is 10.1. The first-order valence-electron chi connectivity index (χ1n) is 6.64. The zero-order chi connectivity index (χ0) is 13.9. The van der Waals surface area contributed by atoms with Gasteiger partial charge in [0.25, 0.3) is 5.91 Å². The molecule has 0 spiro atoms. The van der Waals surface area contributed by atoms with Gasteiger partial charge < -0.3 is 19.1 Å². The first kappa shape index (κ1) is 13.5. The van der Waals surface area contributed by atoms with E-state index in [4.69, 9.17) is 25.8 Å². The molecule has 1 aromatic carbocycles. The van der Waals surface area contributed by atoms with E-state index in [-0.39, 0.29) is 12.0 Å². The lowest BCUT2D eigenvalue weighted by molar-refractivity contribution is -0.0108. The molecule has 1 amide bonds. The summed E-state index contributed by atoms with van der Waals surface area (Å²) in [5, 5.41) is 0. The largest absolute Gasteiger partial charge is 0.486 e. The molecular weight excluding hydrogens is 282 g/mol. The van der Waals surface area contributed by atoms with Gasteiger partial charge in [-0.15, -0.1) is 11.6 Å². The van der Waals surface area contributed by atoms with Gasteiger partial charge in [0.15, 0.2) is 11.5 Å². The number of benzene rings is 1. The summed E-state index contributed by atoms with van der Waals surface area (Å²) >= 11 is 5.79. The van der Waals surface area contributed by atoms with Crippen LogP contribution in [0.2, 0.25) is 0 Å². The minimum Gasteiger partial charge on any atom is -0.486 e. The number of carbonyl (C=O) groups excluding carboxylic acids is 1. The Labute approximate surface area is 122 Å². The predicted molar refractivity (Wildman–Crippen MR) is 73.8 cm³/mol. The first-order chi connectivity index (χ1) is 9.78. The second-order valence-corrected chi connectivity index (χ2v) is 5.07. The van der Waals surface area contributed by atoms with Gasteiger partial charge in [-0.3, -0.25) is 4.79 Å². The molecule has 0 radical (unpaired) electrons. The number of halogens is 1. The molecule has 0 aromatic heterocycles. The fraction of sp³-hybridized carbons (Fsp3) is 0.500. The lowest BCUT2D eigenvalue weighted by Crippen LogP contribution is -2.46. The number of fused-ring (bicyclic) bond motifs is 1. The number of rotatable bonds is 2. The first-order valence-corrected chi connectivity index (χ1v) is 7.18. The molecule has 5 nitrogen and oxygen atoms in total. The third kappa shape index (κ3) is 2.69. The van der Waals surface area contributed by atoms with Crippen LogP contribution in [0.5, 0.6) is 11.5 Å². The third-order valence-corrected chi connectivity index (χ3v) is 3.73. The summed E-state index contributed by atoms with van der Waals surface area (Å²) in [6.45, 7) is 2.68. The molecule has 0 aliphatic carbocycles. The van der Waals surface area contributed by atoms with Gasteiger partial charge in [-0.05, 0) is 18.2 Å². The molecule has 6 heteroatoms. The number of hydrogen-bond donors (Lipinski definition) is 0. The van der Waals surface area contributed by atoms with Crippen molar-refractivity contribution in [1.29, 1.82) is 0 Å². The summed E-state index contributed by atoms with van der Waals surface area (Å²) < 4.78 is 16.4. The highest BCUT2D eigenvalue weighted by molar-refractivity contribution is 6.18. The SMILES string of the molecule is O=C(c1ccc2c(c1)OCCO2)N1CCOC(CCl)C1. The standard InChI is InChI=1S/C14H16ClNO4/c15-8-11-9-16(3-4-18-11)14(17)10-1-2-12-13(7-10)20-6-5-19-12/h1-2,7,11H,3-6,8-9H2. The molecule has 108 valence electrons. The molecule has 1 unspecified atom stereocenters. The normalized spacial score (nSPS) is 21.6. The number of morpholine rings is 1. The molecule has 3 rings (SSSR count). The minimum absolute atomic E-state index is 0.0274.